The molecule has 0 aliphatic rings. The molecule has 2 aromatic rings. The van der Waals surface area contributed by atoms with Gasteiger partial charge in [-0.05, 0) is 67.7 Å². The van der Waals surface area contributed by atoms with Gasteiger partial charge >= 0.3 is 0 Å². The highest BCUT2D eigenvalue weighted by atomic mass is 15.1. The van der Waals surface area contributed by atoms with Gasteiger partial charge in [-0.3, -0.25) is 0 Å². The maximum absolute atomic E-state index is 2.68. The summed E-state index contributed by atoms with van der Waals surface area (Å²) >= 11 is 0. The van der Waals surface area contributed by atoms with Crippen LogP contribution in [0.4, 0.5) is 11.4 Å². The Bertz CT molecular complexity index is 760. The molecule has 2 nitrogen and oxygen atoms in total. The van der Waals surface area contributed by atoms with Gasteiger partial charge in [-0.25, -0.2) is 0 Å². The summed E-state index contributed by atoms with van der Waals surface area (Å²) in [6, 6.07) is 15.9. The van der Waals surface area contributed by atoms with Crippen LogP contribution in [0, 0.1) is 0 Å². The SMILES string of the molecule is CCCN(CCCCCCCN(CCC)c1c(CC)cccc1CC)c1ccccc1CC. The summed E-state index contributed by atoms with van der Waals surface area (Å²) in [5.74, 6) is 0. The van der Waals surface area contributed by atoms with Crippen LogP contribution in [-0.4, -0.2) is 26.2 Å². The number of aryl methyl sites for hydroxylation is 3. The van der Waals surface area contributed by atoms with Crippen LogP contribution in [0.2, 0.25) is 0 Å². The van der Waals surface area contributed by atoms with Crippen LogP contribution in [-0.2, 0) is 19.3 Å². The van der Waals surface area contributed by atoms with E-state index in [0.717, 1.165) is 19.3 Å². The summed E-state index contributed by atoms with van der Waals surface area (Å²) < 4.78 is 0. The lowest BCUT2D eigenvalue weighted by Gasteiger charge is -2.29. The van der Waals surface area contributed by atoms with Crippen molar-refractivity contribution in [3.63, 3.8) is 0 Å². The van der Waals surface area contributed by atoms with Crippen molar-refractivity contribution in [2.24, 2.45) is 0 Å². The summed E-state index contributed by atoms with van der Waals surface area (Å²) in [7, 11) is 0. The van der Waals surface area contributed by atoms with E-state index in [4.69, 9.17) is 0 Å². The zero-order valence-electron chi connectivity index (χ0n) is 22.3. The highest BCUT2D eigenvalue weighted by Crippen LogP contribution is 2.28. The first kappa shape index (κ1) is 27.3. The average molecular weight is 451 g/mol. The molecule has 0 fully saturated rings. The Morgan fingerprint density at radius 1 is 0.485 bits per heavy atom. The molecule has 0 aliphatic heterocycles. The lowest BCUT2D eigenvalue weighted by Crippen LogP contribution is -2.27. The molecule has 2 aromatic carbocycles. The third-order valence-electron chi connectivity index (χ3n) is 6.84. The molecule has 0 saturated heterocycles. The first-order valence-electron chi connectivity index (χ1n) is 13.9. The van der Waals surface area contributed by atoms with Gasteiger partial charge in [0.2, 0.25) is 0 Å². The Morgan fingerprint density at radius 3 is 1.55 bits per heavy atom. The second kappa shape index (κ2) is 15.8. The Hall–Kier alpha value is -1.96. The van der Waals surface area contributed by atoms with Gasteiger partial charge in [0.05, 0.1) is 0 Å². The molecule has 0 atom stereocenters. The second-order valence-electron chi connectivity index (χ2n) is 9.36. The minimum atomic E-state index is 1.12. The molecule has 0 N–H and O–H groups in total. The van der Waals surface area contributed by atoms with Gasteiger partial charge in [0.15, 0.2) is 0 Å². The predicted molar refractivity (Wildman–Crippen MR) is 149 cm³/mol. The predicted octanol–water partition coefficient (Wildman–Crippen LogP) is 8.46. The Kier molecular flexibility index (Phi) is 13.1. The van der Waals surface area contributed by atoms with Crippen molar-refractivity contribution in [1.29, 1.82) is 0 Å². The van der Waals surface area contributed by atoms with Crippen LogP contribution in [0.1, 0.15) is 96.3 Å². The number of nitrogens with zero attached hydrogens (tertiary/aromatic N) is 2. The van der Waals surface area contributed by atoms with Crippen LogP contribution in [0.3, 0.4) is 0 Å². The summed E-state index contributed by atoms with van der Waals surface area (Å²) in [5.41, 5.74) is 7.52. The highest BCUT2D eigenvalue weighted by Gasteiger charge is 2.14. The number of hydrogen-bond acceptors (Lipinski definition) is 2. The number of benzene rings is 2. The summed E-state index contributed by atoms with van der Waals surface area (Å²) in [5, 5.41) is 0. The van der Waals surface area contributed by atoms with Crippen molar-refractivity contribution in [3.05, 3.63) is 59.2 Å². The maximum atomic E-state index is 2.68. The largest absolute Gasteiger partial charge is 0.371 e. The van der Waals surface area contributed by atoms with Gasteiger partial charge in [0.25, 0.3) is 0 Å². The van der Waals surface area contributed by atoms with Crippen molar-refractivity contribution in [2.45, 2.75) is 98.8 Å². The van der Waals surface area contributed by atoms with E-state index in [-0.39, 0.29) is 0 Å². The standard InChI is InChI=1S/C31H50N2/c1-6-23-32(30-22-15-14-19-27(30)8-3)25-16-12-11-13-17-26-33(24-7-2)31-28(9-4)20-18-21-29(31)10-5/h14-15,18-22H,6-13,16-17,23-26H2,1-5H3. The molecule has 0 saturated carbocycles. The molecule has 0 heterocycles. The van der Waals surface area contributed by atoms with E-state index < -0.39 is 0 Å². The maximum Gasteiger partial charge on any atom is 0.0431 e. The van der Waals surface area contributed by atoms with Gasteiger partial charge in [-0.1, -0.05) is 90.3 Å². The van der Waals surface area contributed by atoms with Gasteiger partial charge in [0.1, 0.15) is 0 Å². The molecule has 0 amide bonds. The van der Waals surface area contributed by atoms with Gasteiger partial charge in [-0.2, -0.15) is 0 Å². The first-order valence-corrected chi connectivity index (χ1v) is 13.9. The van der Waals surface area contributed by atoms with E-state index in [1.165, 1.54) is 99.2 Å². The quantitative estimate of drug-likeness (QED) is 0.223. The fourth-order valence-electron chi connectivity index (χ4n) is 5.10. The zero-order valence-corrected chi connectivity index (χ0v) is 22.3. The Morgan fingerprint density at radius 2 is 0.970 bits per heavy atom. The van der Waals surface area contributed by atoms with Crippen molar-refractivity contribution >= 4 is 11.4 Å². The second-order valence-corrected chi connectivity index (χ2v) is 9.36. The molecule has 33 heavy (non-hydrogen) atoms. The molecule has 0 aromatic heterocycles. The van der Waals surface area contributed by atoms with Crippen LogP contribution >= 0.6 is 0 Å². The number of para-hydroxylation sites is 2. The third-order valence-corrected chi connectivity index (χ3v) is 6.84. The molecular formula is C31H50N2. The van der Waals surface area contributed by atoms with Crippen LogP contribution < -0.4 is 9.80 Å². The van der Waals surface area contributed by atoms with Gasteiger partial charge < -0.3 is 9.80 Å². The van der Waals surface area contributed by atoms with E-state index >= 15 is 0 Å². The number of hydrogen-bond donors (Lipinski definition) is 0. The van der Waals surface area contributed by atoms with E-state index in [2.05, 4.69) is 86.9 Å². The summed E-state index contributed by atoms with van der Waals surface area (Å²) in [6.45, 7) is 16.2. The molecule has 184 valence electrons. The third kappa shape index (κ3) is 8.40. The van der Waals surface area contributed by atoms with E-state index in [9.17, 15) is 0 Å². The molecule has 2 rings (SSSR count). The summed E-state index contributed by atoms with van der Waals surface area (Å²) in [4.78, 5) is 5.30. The highest BCUT2D eigenvalue weighted by molar-refractivity contribution is 5.60. The van der Waals surface area contributed by atoms with Crippen molar-refractivity contribution in [3.8, 4) is 0 Å². The molecule has 0 bridgehead atoms. The van der Waals surface area contributed by atoms with Crippen molar-refractivity contribution in [2.75, 3.05) is 36.0 Å². The monoisotopic (exact) mass is 450 g/mol. The summed E-state index contributed by atoms with van der Waals surface area (Å²) in [6.07, 6.45) is 12.4. The smallest absolute Gasteiger partial charge is 0.0431 e. The normalized spacial score (nSPS) is 11.1. The molecule has 0 aliphatic carbocycles. The number of anilines is 2. The first-order chi connectivity index (χ1) is 16.2. The van der Waals surface area contributed by atoms with Crippen molar-refractivity contribution < 1.29 is 0 Å². The Balaban J connectivity index is 1.82. The Labute approximate surface area is 205 Å². The average Bonchev–Trinajstić information content (AvgIpc) is 2.86. The van der Waals surface area contributed by atoms with Crippen LogP contribution in [0.15, 0.2) is 42.5 Å². The molecule has 0 unspecified atom stereocenters. The molecule has 0 spiro atoms. The fraction of sp³-hybridized carbons (Fsp3) is 0.613. The molecule has 0 radical (unpaired) electrons. The van der Waals surface area contributed by atoms with E-state index in [0.29, 0.717) is 0 Å². The number of unbranched alkanes of at least 4 members (excludes halogenated alkanes) is 4. The topological polar surface area (TPSA) is 6.48 Å². The zero-order chi connectivity index (χ0) is 23.9. The number of rotatable bonds is 17. The van der Waals surface area contributed by atoms with Gasteiger partial charge in [-0.15, -0.1) is 0 Å². The van der Waals surface area contributed by atoms with E-state index in [1.54, 1.807) is 0 Å². The molecular weight excluding hydrogens is 400 g/mol. The van der Waals surface area contributed by atoms with Crippen molar-refractivity contribution in [1.82, 2.24) is 0 Å². The van der Waals surface area contributed by atoms with Crippen LogP contribution in [0.5, 0.6) is 0 Å². The minimum absolute atomic E-state index is 1.12. The minimum Gasteiger partial charge on any atom is -0.371 e. The lowest BCUT2D eigenvalue weighted by molar-refractivity contribution is 0.591. The lowest BCUT2D eigenvalue weighted by atomic mass is 10.0. The molecule has 2 heteroatoms. The fourth-order valence-corrected chi connectivity index (χ4v) is 5.10. The van der Waals surface area contributed by atoms with Crippen LogP contribution in [0.25, 0.3) is 0 Å². The van der Waals surface area contributed by atoms with E-state index in [1.807, 2.05) is 0 Å². The van der Waals surface area contributed by atoms with Gasteiger partial charge in [0, 0.05) is 37.6 Å².